The summed E-state index contributed by atoms with van der Waals surface area (Å²) in [5.74, 6) is -0.889. The van der Waals surface area contributed by atoms with Gasteiger partial charge in [-0.2, -0.15) is 0 Å². The van der Waals surface area contributed by atoms with Gasteiger partial charge in [-0.1, -0.05) is 0 Å². The number of fused-ring (bicyclic) bond motifs is 1. The van der Waals surface area contributed by atoms with E-state index in [0.717, 1.165) is 10.4 Å². The summed E-state index contributed by atoms with van der Waals surface area (Å²) in [6.07, 6.45) is -0.432. The molecule has 1 unspecified atom stereocenters. The van der Waals surface area contributed by atoms with Gasteiger partial charge in [0.2, 0.25) is 0 Å². The Balaban J connectivity index is 2.26. The van der Waals surface area contributed by atoms with E-state index in [9.17, 15) is 9.59 Å². The van der Waals surface area contributed by atoms with Gasteiger partial charge in [0.05, 0.1) is 18.8 Å². The van der Waals surface area contributed by atoms with Crippen molar-refractivity contribution in [2.75, 3.05) is 12.3 Å². The Bertz CT molecular complexity index is 587. The highest BCUT2D eigenvalue weighted by molar-refractivity contribution is 7.16. The molecular weight excluding hydrogens is 306 g/mol. The summed E-state index contributed by atoms with van der Waals surface area (Å²) in [5.41, 5.74) is 6.45. The van der Waals surface area contributed by atoms with E-state index in [1.807, 2.05) is 0 Å². The molecule has 22 heavy (non-hydrogen) atoms. The molecule has 0 aliphatic carbocycles. The quantitative estimate of drug-likeness (QED) is 0.857. The molecule has 0 fully saturated rings. The maximum Gasteiger partial charge on any atom is 0.341 e. The van der Waals surface area contributed by atoms with Crippen LogP contribution in [-0.4, -0.2) is 30.3 Å². The minimum atomic E-state index is -0.706. The minimum Gasteiger partial charge on any atom is -0.464 e. The predicted molar refractivity (Wildman–Crippen MR) is 82.8 cm³/mol. The normalized spacial score (nSPS) is 17.7. The average molecular weight is 327 g/mol. The van der Waals surface area contributed by atoms with Crippen LogP contribution in [0.1, 0.15) is 48.5 Å². The van der Waals surface area contributed by atoms with Crippen LogP contribution in [0.15, 0.2) is 0 Å². The molecule has 2 heterocycles. The zero-order chi connectivity index (χ0) is 16.5. The number of nitrogen functional groups attached to an aromatic ring is 1. The molecule has 0 saturated heterocycles. The fraction of sp³-hybridized carbons (Fsp3) is 0.600. The van der Waals surface area contributed by atoms with E-state index in [1.165, 1.54) is 11.3 Å². The third-order valence-corrected chi connectivity index (χ3v) is 4.11. The summed E-state index contributed by atoms with van der Waals surface area (Å²) in [6, 6.07) is 0. The summed E-state index contributed by atoms with van der Waals surface area (Å²) in [4.78, 5) is 25.1. The molecule has 6 nitrogen and oxygen atoms in total. The van der Waals surface area contributed by atoms with Gasteiger partial charge in [0, 0.05) is 11.3 Å². The van der Waals surface area contributed by atoms with Gasteiger partial charge in [-0.3, -0.25) is 0 Å². The molecule has 1 aliphatic rings. The first kappa shape index (κ1) is 16.8. The highest BCUT2D eigenvalue weighted by Crippen LogP contribution is 2.37. The second-order valence-corrected chi connectivity index (χ2v) is 7.14. The van der Waals surface area contributed by atoms with Gasteiger partial charge in [-0.05, 0) is 33.3 Å². The van der Waals surface area contributed by atoms with Gasteiger partial charge in [0.15, 0.2) is 6.10 Å². The monoisotopic (exact) mass is 327 g/mol. The second-order valence-electron chi connectivity index (χ2n) is 6.00. The molecule has 1 aliphatic heterocycles. The molecule has 0 spiro atoms. The number of nitrogens with two attached hydrogens (primary N) is 1. The fourth-order valence-electron chi connectivity index (χ4n) is 2.23. The lowest BCUT2D eigenvalue weighted by Gasteiger charge is -2.23. The third kappa shape index (κ3) is 3.59. The largest absolute Gasteiger partial charge is 0.464 e. The number of hydrogen-bond donors (Lipinski definition) is 1. The number of hydrogen-bond acceptors (Lipinski definition) is 7. The zero-order valence-electron chi connectivity index (χ0n) is 13.2. The summed E-state index contributed by atoms with van der Waals surface area (Å²) in [7, 11) is 0. The molecule has 0 bridgehead atoms. The third-order valence-electron chi connectivity index (χ3n) is 3.08. The van der Waals surface area contributed by atoms with Crippen molar-refractivity contribution < 1.29 is 23.8 Å². The smallest absolute Gasteiger partial charge is 0.341 e. The van der Waals surface area contributed by atoms with Crippen molar-refractivity contribution in [1.82, 2.24) is 0 Å². The molecule has 2 rings (SSSR count). The SMILES string of the molecule is CCOC(=O)C1Cc2c(sc(N)c2C(=O)OC(C)(C)C)CO1. The Morgan fingerprint density at radius 3 is 2.68 bits per heavy atom. The molecule has 1 atom stereocenters. The van der Waals surface area contributed by atoms with E-state index in [-0.39, 0.29) is 19.6 Å². The summed E-state index contributed by atoms with van der Waals surface area (Å²) >= 11 is 1.30. The number of esters is 2. The van der Waals surface area contributed by atoms with Crippen LogP contribution in [0.5, 0.6) is 0 Å². The number of anilines is 1. The lowest BCUT2D eigenvalue weighted by molar-refractivity contribution is -0.158. The van der Waals surface area contributed by atoms with Gasteiger partial charge in [0.25, 0.3) is 0 Å². The molecule has 2 N–H and O–H groups in total. The van der Waals surface area contributed by atoms with Crippen LogP contribution in [0, 0.1) is 0 Å². The van der Waals surface area contributed by atoms with Crippen molar-refractivity contribution in [3.05, 3.63) is 16.0 Å². The van der Waals surface area contributed by atoms with E-state index < -0.39 is 23.6 Å². The molecule has 0 saturated carbocycles. The zero-order valence-corrected chi connectivity index (χ0v) is 14.0. The molecule has 7 heteroatoms. The van der Waals surface area contributed by atoms with Gasteiger partial charge in [0.1, 0.15) is 10.6 Å². The Labute approximate surface area is 133 Å². The highest BCUT2D eigenvalue weighted by Gasteiger charge is 2.34. The van der Waals surface area contributed by atoms with Gasteiger partial charge in [-0.15, -0.1) is 11.3 Å². The van der Waals surface area contributed by atoms with E-state index in [2.05, 4.69) is 0 Å². The first-order chi connectivity index (χ1) is 10.2. The van der Waals surface area contributed by atoms with Gasteiger partial charge >= 0.3 is 11.9 Å². The van der Waals surface area contributed by atoms with Crippen LogP contribution in [0.25, 0.3) is 0 Å². The van der Waals surface area contributed by atoms with Crippen molar-refractivity contribution in [3.8, 4) is 0 Å². The summed E-state index contributed by atoms with van der Waals surface area (Å²) < 4.78 is 15.9. The number of ether oxygens (including phenoxy) is 3. The van der Waals surface area contributed by atoms with Crippen LogP contribution in [-0.2, 0) is 32.0 Å². The summed E-state index contributed by atoms with van der Waals surface area (Å²) in [6.45, 7) is 7.66. The lowest BCUT2D eigenvalue weighted by Crippen LogP contribution is -2.33. The Morgan fingerprint density at radius 1 is 1.41 bits per heavy atom. The van der Waals surface area contributed by atoms with Crippen LogP contribution >= 0.6 is 11.3 Å². The Hall–Kier alpha value is -1.60. The van der Waals surface area contributed by atoms with Crippen molar-refractivity contribution in [3.63, 3.8) is 0 Å². The van der Waals surface area contributed by atoms with E-state index >= 15 is 0 Å². The molecule has 1 aromatic rings. The first-order valence-corrected chi connectivity index (χ1v) is 7.96. The van der Waals surface area contributed by atoms with Crippen LogP contribution < -0.4 is 5.73 Å². The van der Waals surface area contributed by atoms with Crippen molar-refractivity contribution in [1.29, 1.82) is 0 Å². The lowest BCUT2D eigenvalue weighted by atomic mass is 10.0. The average Bonchev–Trinajstić information content (AvgIpc) is 2.71. The molecule has 0 radical (unpaired) electrons. The van der Waals surface area contributed by atoms with E-state index in [4.69, 9.17) is 19.9 Å². The molecule has 0 amide bonds. The fourth-order valence-corrected chi connectivity index (χ4v) is 3.24. The molecule has 1 aromatic heterocycles. The van der Waals surface area contributed by atoms with Crippen molar-refractivity contribution in [2.24, 2.45) is 0 Å². The number of rotatable bonds is 3. The van der Waals surface area contributed by atoms with Crippen molar-refractivity contribution in [2.45, 2.75) is 52.4 Å². The first-order valence-electron chi connectivity index (χ1n) is 7.14. The predicted octanol–water partition coefficient (Wildman–Crippen LogP) is 2.29. The van der Waals surface area contributed by atoms with Crippen LogP contribution in [0.4, 0.5) is 5.00 Å². The van der Waals surface area contributed by atoms with Crippen LogP contribution in [0.2, 0.25) is 0 Å². The number of carbonyl (C=O) groups is 2. The van der Waals surface area contributed by atoms with Gasteiger partial charge in [-0.25, -0.2) is 9.59 Å². The molecular formula is C15H21NO5S. The highest BCUT2D eigenvalue weighted by atomic mass is 32.1. The Kier molecular flexibility index (Phi) is 4.77. The van der Waals surface area contributed by atoms with Crippen molar-refractivity contribution >= 4 is 28.3 Å². The van der Waals surface area contributed by atoms with E-state index in [1.54, 1.807) is 27.7 Å². The second kappa shape index (κ2) is 6.26. The van der Waals surface area contributed by atoms with Gasteiger partial charge < -0.3 is 19.9 Å². The summed E-state index contributed by atoms with van der Waals surface area (Å²) in [5, 5.41) is 0.396. The number of carbonyl (C=O) groups excluding carboxylic acids is 2. The topological polar surface area (TPSA) is 87.9 Å². The van der Waals surface area contributed by atoms with Crippen LogP contribution in [0.3, 0.4) is 0 Å². The minimum absolute atomic E-state index is 0.247. The number of thiophene rings is 1. The van der Waals surface area contributed by atoms with E-state index in [0.29, 0.717) is 10.6 Å². The maximum atomic E-state index is 12.4. The standard InChI is InChI=1S/C15H21NO5S/c1-5-19-13(17)9-6-8-10(7-20-9)22-12(16)11(8)14(18)21-15(2,3)4/h9H,5-7,16H2,1-4H3. The Morgan fingerprint density at radius 2 is 2.09 bits per heavy atom. The molecule has 0 aromatic carbocycles. The maximum absolute atomic E-state index is 12.4. The molecule has 122 valence electrons.